The molecule has 2 saturated carbocycles. The first-order valence-corrected chi connectivity index (χ1v) is 8.78. The third-order valence-electron chi connectivity index (χ3n) is 4.95. The van der Waals surface area contributed by atoms with E-state index in [0.717, 1.165) is 31.2 Å². The van der Waals surface area contributed by atoms with Gasteiger partial charge in [0, 0.05) is 18.8 Å². The van der Waals surface area contributed by atoms with Gasteiger partial charge in [-0.25, -0.2) is 4.98 Å². The highest BCUT2D eigenvalue weighted by Crippen LogP contribution is 2.29. The second-order valence-corrected chi connectivity index (χ2v) is 6.80. The third-order valence-corrected chi connectivity index (χ3v) is 4.95. The zero-order valence-corrected chi connectivity index (χ0v) is 13.6. The highest BCUT2D eigenvalue weighted by molar-refractivity contribution is 5.85. The number of nitrogens with zero attached hydrogens (tertiary/aromatic N) is 1. The Morgan fingerprint density at radius 2 is 2.00 bits per heavy atom. The molecule has 2 N–H and O–H groups in total. The number of pyridine rings is 1. The van der Waals surface area contributed by atoms with Crippen molar-refractivity contribution in [2.24, 2.45) is 0 Å². The fourth-order valence-electron chi connectivity index (χ4n) is 3.51. The Morgan fingerprint density at radius 1 is 1.26 bits per heavy atom. The summed E-state index contributed by atoms with van der Waals surface area (Å²) in [4.78, 5) is 16.4. The van der Waals surface area contributed by atoms with Crippen molar-refractivity contribution in [2.45, 2.75) is 76.0 Å². The van der Waals surface area contributed by atoms with Crippen LogP contribution < -0.4 is 10.1 Å². The van der Waals surface area contributed by atoms with Gasteiger partial charge in [0.15, 0.2) is 0 Å². The van der Waals surface area contributed by atoms with Crippen molar-refractivity contribution in [1.29, 1.82) is 0 Å². The highest BCUT2D eigenvalue weighted by Gasteiger charge is 2.38. The van der Waals surface area contributed by atoms with Gasteiger partial charge in [-0.2, -0.15) is 0 Å². The number of nitrogens with one attached hydrogen (secondary N) is 1. The van der Waals surface area contributed by atoms with Crippen LogP contribution >= 0.6 is 0 Å². The number of aromatic nitrogens is 1. The zero-order valence-electron chi connectivity index (χ0n) is 13.6. The second-order valence-electron chi connectivity index (χ2n) is 6.80. The standard InChI is InChI=1S/C18H26N2O3/c21-17(18(22)9-4-5-10-18)20-13-14-8-11-19-16(12-14)23-15-6-2-1-3-7-15/h8,11-12,15,22H,1-7,9-10,13H2,(H,20,21). The van der Waals surface area contributed by atoms with E-state index in [1.54, 1.807) is 6.20 Å². The summed E-state index contributed by atoms with van der Waals surface area (Å²) in [6, 6.07) is 3.75. The summed E-state index contributed by atoms with van der Waals surface area (Å²) < 4.78 is 5.95. The Labute approximate surface area is 137 Å². The Hall–Kier alpha value is -1.62. The molecule has 5 nitrogen and oxygen atoms in total. The molecule has 0 bridgehead atoms. The van der Waals surface area contributed by atoms with E-state index < -0.39 is 5.60 Å². The number of hydrogen-bond donors (Lipinski definition) is 2. The number of rotatable bonds is 5. The van der Waals surface area contributed by atoms with Gasteiger partial charge in [-0.05, 0) is 63.0 Å². The van der Waals surface area contributed by atoms with E-state index in [0.29, 0.717) is 25.3 Å². The van der Waals surface area contributed by atoms with Gasteiger partial charge in [-0.15, -0.1) is 0 Å². The Morgan fingerprint density at radius 3 is 2.74 bits per heavy atom. The second kappa shape index (κ2) is 7.30. The van der Waals surface area contributed by atoms with Crippen LogP contribution in [-0.4, -0.2) is 27.7 Å². The van der Waals surface area contributed by atoms with Gasteiger partial charge < -0.3 is 15.2 Å². The van der Waals surface area contributed by atoms with Crippen LogP contribution in [0.2, 0.25) is 0 Å². The lowest BCUT2D eigenvalue weighted by Gasteiger charge is -2.23. The van der Waals surface area contributed by atoms with E-state index >= 15 is 0 Å². The van der Waals surface area contributed by atoms with E-state index in [4.69, 9.17) is 4.74 Å². The maximum atomic E-state index is 12.1. The van der Waals surface area contributed by atoms with Crippen LogP contribution in [0.1, 0.15) is 63.4 Å². The van der Waals surface area contributed by atoms with Crippen molar-refractivity contribution in [1.82, 2.24) is 10.3 Å². The first kappa shape index (κ1) is 16.2. The summed E-state index contributed by atoms with van der Waals surface area (Å²) >= 11 is 0. The summed E-state index contributed by atoms with van der Waals surface area (Å²) in [5.74, 6) is 0.366. The van der Waals surface area contributed by atoms with Crippen LogP contribution in [0.15, 0.2) is 18.3 Å². The lowest BCUT2D eigenvalue weighted by molar-refractivity contribution is -0.139. The molecule has 1 heterocycles. The van der Waals surface area contributed by atoms with E-state index in [2.05, 4.69) is 10.3 Å². The maximum absolute atomic E-state index is 12.1. The van der Waals surface area contributed by atoms with E-state index in [1.165, 1.54) is 19.3 Å². The zero-order chi connectivity index (χ0) is 16.1. The quantitative estimate of drug-likeness (QED) is 0.875. The van der Waals surface area contributed by atoms with Gasteiger partial charge in [-0.3, -0.25) is 4.79 Å². The van der Waals surface area contributed by atoms with Gasteiger partial charge in [0.2, 0.25) is 5.88 Å². The molecule has 0 aliphatic heterocycles. The molecule has 5 heteroatoms. The number of carbonyl (C=O) groups excluding carboxylic acids is 1. The normalized spacial score (nSPS) is 21.1. The minimum atomic E-state index is -1.17. The van der Waals surface area contributed by atoms with Crippen molar-refractivity contribution >= 4 is 5.91 Å². The van der Waals surface area contributed by atoms with Gasteiger partial charge >= 0.3 is 0 Å². The molecule has 23 heavy (non-hydrogen) atoms. The topological polar surface area (TPSA) is 71.5 Å². The van der Waals surface area contributed by atoms with Crippen molar-refractivity contribution in [2.75, 3.05) is 0 Å². The van der Waals surface area contributed by atoms with Crippen LogP contribution in [-0.2, 0) is 11.3 Å². The van der Waals surface area contributed by atoms with Crippen LogP contribution in [0.25, 0.3) is 0 Å². The molecule has 3 rings (SSSR count). The smallest absolute Gasteiger partial charge is 0.252 e. The minimum Gasteiger partial charge on any atom is -0.474 e. The molecule has 2 aliphatic rings. The molecule has 0 spiro atoms. The number of aliphatic hydroxyl groups is 1. The molecule has 1 aromatic heterocycles. The molecular weight excluding hydrogens is 292 g/mol. The monoisotopic (exact) mass is 318 g/mol. The largest absolute Gasteiger partial charge is 0.474 e. The summed E-state index contributed by atoms with van der Waals surface area (Å²) in [6.07, 6.45) is 10.9. The number of ether oxygens (including phenoxy) is 1. The SMILES string of the molecule is O=C(NCc1ccnc(OC2CCCCC2)c1)C1(O)CCCC1. The number of amides is 1. The summed E-state index contributed by atoms with van der Waals surface area (Å²) in [7, 11) is 0. The van der Waals surface area contributed by atoms with Gasteiger partial charge in [0.1, 0.15) is 11.7 Å². The number of hydrogen-bond acceptors (Lipinski definition) is 4. The van der Waals surface area contributed by atoms with Gasteiger partial charge in [-0.1, -0.05) is 6.42 Å². The van der Waals surface area contributed by atoms with Crippen molar-refractivity contribution in [3.8, 4) is 5.88 Å². The number of carbonyl (C=O) groups is 1. The third kappa shape index (κ3) is 4.22. The first-order valence-electron chi connectivity index (χ1n) is 8.78. The van der Waals surface area contributed by atoms with Crippen LogP contribution in [0.5, 0.6) is 5.88 Å². The highest BCUT2D eigenvalue weighted by atomic mass is 16.5. The van der Waals surface area contributed by atoms with E-state index in [-0.39, 0.29) is 12.0 Å². The minimum absolute atomic E-state index is 0.262. The van der Waals surface area contributed by atoms with E-state index in [9.17, 15) is 9.90 Å². The Kier molecular flexibility index (Phi) is 5.16. The fourth-order valence-corrected chi connectivity index (χ4v) is 3.51. The molecule has 2 aliphatic carbocycles. The maximum Gasteiger partial charge on any atom is 0.252 e. The molecule has 2 fully saturated rings. The summed E-state index contributed by atoms with van der Waals surface area (Å²) in [5.41, 5.74) is -0.227. The fraction of sp³-hybridized carbons (Fsp3) is 0.667. The molecule has 126 valence electrons. The molecule has 0 unspecified atom stereocenters. The molecule has 1 aromatic rings. The van der Waals surface area contributed by atoms with Crippen LogP contribution in [0.3, 0.4) is 0 Å². The van der Waals surface area contributed by atoms with Crippen molar-refractivity contribution < 1.29 is 14.6 Å². The van der Waals surface area contributed by atoms with Crippen LogP contribution in [0, 0.1) is 0 Å². The molecule has 0 aromatic carbocycles. The average molecular weight is 318 g/mol. The van der Waals surface area contributed by atoms with Crippen molar-refractivity contribution in [3.63, 3.8) is 0 Å². The summed E-state index contributed by atoms with van der Waals surface area (Å²) in [6.45, 7) is 0.394. The molecule has 1 amide bonds. The van der Waals surface area contributed by atoms with E-state index in [1.807, 2.05) is 12.1 Å². The summed E-state index contributed by atoms with van der Waals surface area (Å²) in [5, 5.41) is 13.1. The predicted molar refractivity (Wildman–Crippen MR) is 87.0 cm³/mol. The van der Waals surface area contributed by atoms with Crippen LogP contribution in [0.4, 0.5) is 0 Å². The van der Waals surface area contributed by atoms with Gasteiger partial charge in [0.05, 0.1) is 0 Å². The lowest BCUT2D eigenvalue weighted by Crippen LogP contribution is -2.44. The van der Waals surface area contributed by atoms with Gasteiger partial charge in [0.25, 0.3) is 5.91 Å². The molecular formula is C18H26N2O3. The Bertz CT molecular complexity index is 535. The van der Waals surface area contributed by atoms with Crippen molar-refractivity contribution in [3.05, 3.63) is 23.9 Å². The first-order chi connectivity index (χ1) is 11.2. The lowest BCUT2D eigenvalue weighted by atomic mass is 9.98. The molecule has 0 atom stereocenters. The predicted octanol–water partition coefficient (Wildman–Crippen LogP) is 2.71. The average Bonchev–Trinajstić information content (AvgIpc) is 3.02. The Balaban J connectivity index is 1.53. The molecule has 0 saturated heterocycles. The molecule has 0 radical (unpaired) electrons.